The highest BCUT2D eigenvalue weighted by Crippen LogP contribution is 2.29. The first-order valence-corrected chi connectivity index (χ1v) is 7.02. The summed E-state index contributed by atoms with van der Waals surface area (Å²) in [5.74, 6) is -0.297. The van der Waals surface area contributed by atoms with Crippen LogP contribution in [0, 0.1) is 5.82 Å². The van der Waals surface area contributed by atoms with E-state index in [1.54, 1.807) is 13.0 Å². The molecule has 0 saturated carbocycles. The zero-order valence-corrected chi connectivity index (χ0v) is 12.9. The van der Waals surface area contributed by atoms with Crippen LogP contribution in [0.15, 0.2) is 46.9 Å². The van der Waals surface area contributed by atoms with Gasteiger partial charge in [0, 0.05) is 10.9 Å². The van der Waals surface area contributed by atoms with Crippen LogP contribution in [-0.4, -0.2) is 12.2 Å². The molecule has 1 atom stereocenters. The third kappa shape index (κ3) is 3.38. The van der Waals surface area contributed by atoms with Gasteiger partial charge in [-0.2, -0.15) is 0 Å². The molecule has 0 bridgehead atoms. The van der Waals surface area contributed by atoms with Gasteiger partial charge in [-0.15, -0.1) is 0 Å². The molecule has 0 aliphatic heterocycles. The van der Waals surface area contributed by atoms with Crippen molar-refractivity contribution in [2.24, 2.45) is 0 Å². The SMILES string of the molecule is COc1ccc(C(C)(O)Cc2ccc(Br)cc2)cc1F. The molecular weight excluding hydrogens is 323 g/mol. The fourth-order valence-corrected chi connectivity index (χ4v) is 2.37. The van der Waals surface area contributed by atoms with E-state index in [1.807, 2.05) is 24.3 Å². The van der Waals surface area contributed by atoms with Crippen molar-refractivity contribution < 1.29 is 14.2 Å². The second kappa shape index (κ2) is 5.94. The van der Waals surface area contributed by atoms with Gasteiger partial charge in [-0.1, -0.05) is 34.1 Å². The molecule has 0 spiro atoms. The van der Waals surface area contributed by atoms with Gasteiger partial charge < -0.3 is 9.84 Å². The number of hydrogen-bond donors (Lipinski definition) is 1. The Labute approximate surface area is 126 Å². The first-order valence-electron chi connectivity index (χ1n) is 6.23. The second-order valence-electron chi connectivity index (χ2n) is 4.93. The number of benzene rings is 2. The molecule has 0 fully saturated rings. The van der Waals surface area contributed by atoms with Crippen LogP contribution >= 0.6 is 15.9 Å². The minimum absolute atomic E-state index is 0.174. The zero-order valence-electron chi connectivity index (χ0n) is 11.4. The third-order valence-corrected chi connectivity index (χ3v) is 3.76. The maximum absolute atomic E-state index is 13.7. The van der Waals surface area contributed by atoms with Crippen molar-refractivity contribution in [3.8, 4) is 5.75 Å². The number of methoxy groups -OCH3 is 1. The second-order valence-corrected chi connectivity index (χ2v) is 5.84. The Balaban J connectivity index is 2.25. The van der Waals surface area contributed by atoms with E-state index >= 15 is 0 Å². The molecular formula is C16H16BrFO2. The van der Waals surface area contributed by atoms with Gasteiger partial charge in [0.2, 0.25) is 0 Å². The van der Waals surface area contributed by atoms with Gasteiger partial charge in [-0.3, -0.25) is 0 Å². The summed E-state index contributed by atoms with van der Waals surface area (Å²) in [6.45, 7) is 1.68. The van der Waals surface area contributed by atoms with Crippen molar-refractivity contribution in [3.63, 3.8) is 0 Å². The minimum Gasteiger partial charge on any atom is -0.494 e. The first-order chi connectivity index (χ1) is 9.42. The van der Waals surface area contributed by atoms with Crippen molar-refractivity contribution in [1.29, 1.82) is 0 Å². The Bertz CT molecular complexity index is 594. The zero-order chi connectivity index (χ0) is 14.8. The van der Waals surface area contributed by atoms with Gasteiger partial charge in [0.25, 0.3) is 0 Å². The van der Waals surface area contributed by atoms with Gasteiger partial charge in [0.15, 0.2) is 11.6 Å². The summed E-state index contributed by atoms with van der Waals surface area (Å²) in [6, 6.07) is 12.2. The molecule has 0 aliphatic rings. The van der Waals surface area contributed by atoms with Crippen LogP contribution in [0.3, 0.4) is 0 Å². The summed E-state index contributed by atoms with van der Waals surface area (Å²) >= 11 is 3.37. The smallest absolute Gasteiger partial charge is 0.165 e. The standard InChI is InChI=1S/C16H16BrFO2/c1-16(19,10-11-3-6-13(17)7-4-11)12-5-8-15(20-2)14(18)9-12/h3-9,19H,10H2,1-2H3. The summed E-state index contributed by atoms with van der Waals surface area (Å²) in [5.41, 5.74) is 0.370. The summed E-state index contributed by atoms with van der Waals surface area (Å²) in [6.07, 6.45) is 0.409. The lowest BCUT2D eigenvalue weighted by atomic mass is 9.89. The molecule has 1 unspecified atom stereocenters. The molecule has 1 N–H and O–H groups in total. The van der Waals surface area contributed by atoms with Gasteiger partial charge in [-0.25, -0.2) is 4.39 Å². The molecule has 0 amide bonds. The van der Waals surface area contributed by atoms with E-state index in [4.69, 9.17) is 4.74 Å². The average Bonchev–Trinajstić information content (AvgIpc) is 2.41. The Hall–Kier alpha value is -1.39. The van der Waals surface area contributed by atoms with E-state index in [9.17, 15) is 9.50 Å². The van der Waals surface area contributed by atoms with Crippen molar-refractivity contribution >= 4 is 15.9 Å². The van der Waals surface area contributed by atoms with Crippen LogP contribution in [-0.2, 0) is 12.0 Å². The van der Waals surface area contributed by atoms with E-state index in [2.05, 4.69) is 15.9 Å². The van der Waals surface area contributed by atoms with Crippen molar-refractivity contribution in [3.05, 3.63) is 63.9 Å². The molecule has 2 aromatic carbocycles. The first kappa shape index (κ1) is 15.0. The van der Waals surface area contributed by atoms with Crippen molar-refractivity contribution in [2.75, 3.05) is 7.11 Å². The molecule has 0 saturated heterocycles. The van der Waals surface area contributed by atoms with E-state index in [1.165, 1.54) is 19.2 Å². The average molecular weight is 339 g/mol. The monoisotopic (exact) mass is 338 g/mol. The molecule has 2 rings (SSSR count). The summed E-state index contributed by atoms with van der Waals surface area (Å²) in [7, 11) is 1.41. The molecule has 0 radical (unpaired) electrons. The fraction of sp³-hybridized carbons (Fsp3) is 0.250. The number of aliphatic hydroxyl groups is 1. The lowest BCUT2D eigenvalue weighted by molar-refractivity contribution is 0.0572. The number of ether oxygens (including phenoxy) is 1. The van der Waals surface area contributed by atoms with Gasteiger partial charge in [0.1, 0.15) is 0 Å². The van der Waals surface area contributed by atoms with Crippen molar-refractivity contribution in [2.45, 2.75) is 18.9 Å². The van der Waals surface area contributed by atoms with Gasteiger partial charge >= 0.3 is 0 Å². The summed E-state index contributed by atoms with van der Waals surface area (Å²) in [5, 5.41) is 10.6. The van der Waals surface area contributed by atoms with E-state index in [0.717, 1.165) is 10.0 Å². The summed E-state index contributed by atoms with van der Waals surface area (Å²) < 4.78 is 19.6. The largest absolute Gasteiger partial charge is 0.494 e. The summed E-state index contributed by atoms with van der Waals surface area (Å²) in [4.78, 5) is 0. The Morgan fingerprint density at radius 3 is 2.40 bits per heavy atom. The third-order valence-electron chi connectivity index (χ3n) is 3.24. The van der Waals surface area contributed by atoms with Crippen LogP contribution in [0.25, 0.3) is 0 Å². The molecule has 0 aliphatic carbocycles. The molecule has 0 heterocycles. The van der Waals surface area contributed by atoms with Crippen LogP contribution in [0.5, 0.6) is 5.75 Å². The quantitative estimate of drug-likeness (QED) is 0.911. The van der Waals surface area contributed by atoms with Crippen molar-refractivity contribution in [1.82, 2.24) is 0 Å². The van der Waals surface area contributed by atoms with Crippen LogP contribution in [0.2, 0.25) is 0 Å². The lowest BCUT2D eigenvalue weighted by Crippen LogP contribution is -2.24. The Morgan fingerprint density at radius 2 is 1.85 bits per heavy atom. The number of rotatable bonds is 4. The van der Waals surface area contributed by atoms with Crippen LogP contribution in [0.1, 0.15) is 18.1 Å². The van der Waals surface area contributed by atoms with E-state index < -0.39 is 11.4 Å². The Kier molecular flexibility index (Phi) is 4.45. The topological polar surface area (TPSA) is 29.5 Å². The number of hydrogen-bond acceptors (Lipinski definition) is 2. The highest BCUT2D eigenvalue weighted by molar-refractivity contribution is 9.10. The maximum Gasteiger partial charge on any atom is 0.165 e. The Morgan fingerprint density at radius 1 is 1.20 bits per heavy atom. The van der Waals surface area contributed by atoms with Gasteiger partial charge in [-0.05, 0) is 42.3 Å². The molecule has 2 aromatic rings. The highest BCUT2D eigenvalue weighted by Gasteiger charge is 2.24. The fourth-order valence-electron chi connectivity index (χ4n) is 2.10. The predicted molar refractivity (Wildman–Crippen MR) is 80.4 cm³/mol. The highest BCUT2D eigenvalue weighted by atomic mass is 79.9. The molecule has 2 nitrogen and oxygen atoms in total. The van der Waals surface area contributed by atoms with E-state index in [-0.39, 0.29) is 5.75 Å². The van der Waals surface area contributed by atoms with Gasteiger partial charge in [0.05, 0.1) is 12.7 Å². The predicted octanol–water partition coefficient (Wildman–Crippen LogP) is 4.05. The normalized spacial score (nSPS) is 13.8. The molecule has 20 heavy (non-hydrogen) atoms. The van der Waals surface area contributed by atoms with E-state index in [0.29, 0.717) is 12.0 Å². The molecule has 4 heteroatoms. The van der Waals surface area contributed by atoms with Crippen LogP contribution in [0.4, 0.5) is 4.39 Å². The maximum atomic E-state index is 13.7. The minimum atomic E-state index is -1.14. The molecule has 0 aromatic heterocycles. The lowest BCUT2D eigenvalue weighted by Gasteiger charge is -2.24. The molecule has 106 valence electrons. The number of halogens is 2. The van der Waals surface area contributed by atoms with Crippen LogP contribution < -0.4 is 4.74 Å².